The molecule has 2 aromatic carbocycles. The van der Waals surface area contributed by atoms with Gasteiger partial charge in [0.15, 0.2) is 29.1 Å². The lowest BCUT2D eigenvalue weighted by Crippen LogP contribution is -2.61. The van der Waals surface area contributed by atoms with Crippen LogP contribution >= 0.6 is 0 Å². The third-order valence-corrected chi connectivity index (χ3v) is 6.45. The van der Waals surface area contributed by atoms with Crippen molar-refractivity contribution in [1.82, 2.24) is 0 Å². The number of carbonyl (C=O) groups is 2. The first kappa shape index (κ1) is 30.1. The molecule has 1 saturated heterocycles. The first-order valence-corrected chi connectivity index (χ1v) is 12.4. The summed E-state index contributed by atoms with van der Waals surface area (Å²) in [6, 6.07) is 9.66. The molecule has 214 valence electrons. The maximum atomic E-state index is 12.4. The number of carbonyl (C=O) groups excluding carboxylic acids is 1. The Labute approximate surface area is 224 Å². The van der Waals surface area contributed by atoms with E-state index in [0.29, 0.717) is 25.0 Å². The van der Waals surface area contributed by atoms with Gasteiger partial charge in [-0.25, -0.2) is 4.79 Å². The highest BCUT2D eigenvalue weighted by Gasteiger charge is 2.48. The first-order valence-electron chi connectivity index (χ1n) is 12.4. The Kier molecular flexibility index (Phi) is 10.5. The number of aryl methyl sites for hydroxylation is 2. The molecule has 1 aliphatic rings. The number of aliphatic hydroxyl groups excluding tert-OH is 4. The van der Waals surface area contributed by atoms with E-state index in [1.807, 2.05) is 0 Å². The zero-order valence-corrected chi connectivity index (χ0v) is 21.6. The van der Waals surface area contributed by atoms with Crippen molar-refractivity contribution in [3.05, 3.63) is 47.5 Å². The van der Waals surface area contributed by atoms with Crippen LogP contribution in [0.1, 0.15) is 30.4 Å². The van der Waals surface area contributed by atoms with Crippen LogP contribution in [0.2, 0.25) is 0 Å². The summed E-state index contributed by atoms with van der Waals surface area (Å²) in [5.41, 5.74) is 1.59. The number of hydrogen-bond donors (Lipinski definition) is 6. The Balaban J connectivity index is 1.52. The van der Waals surface area contributed by atoms with E-state index in [0.717, 1.165) is 11.1 Å². The van der Waals surface area contributed by atoms with Crippen LogP contribution in [0.3, 0.4) is 0 Å². The summed E-state index contributed by atoms with van der Waals surface area (Å²) in [4.78, 5) is 23.7. The minimum atomic E-state index is -1.84. The van der Waals surface area contributed by atoms with Crippen molar-refractivity contribution in [3.8, 4) is 23.0 Å². The maximum absolute atomic E-state index is 12.4. The normalized spacial score (nSPS) is 23.6. The van der Waals surface area contributed by atoms with Crippen molar-refractivity contribution >= 4 is 11.8 Å². The summed E-state index contributed by atoms with van der Waals surface area (Å²) in [5.74, 6) is -0.985. The van der Waals surface area contributed by atoms with Crippen molar-refractivity contribution in [3.63, 3.8) is 0 Å². The molecule has 2 aromatic rings. The Morgan fingerprint density at radius 3 is 2.21 bits per heavy atom. The molecule has 0 unspecified atom stereocenters. The fourth-order valence-corrected chi connectivity index (χ4v) is 4.20. The number of carboxylic acids is 1. The van der Waals surface area contributed by atoms with Crippen LogP contribution in [0, 0.1) is 0 Å². The number of phenols is 1. The van der Waals surface area contributed by atoms with Gasteiger partial charge >= 0.3 is 5.97 Å². The molecule has 3 rings (SSSR count). The Morgan fingerprint density at radius 2 is 1.54 bits per heavy atom. The van der Waals surface area contributed by atoms with Crippen molar-refractivity contribution in [2.75, 3.05) is 14.2 Å². The Hall–Kier alpha value is -3.42. The van der Waals surface area contributed by atoms with Gasteiger partial charge in [0, 0.05) is 12.8 Å². The van der Waals surface area contributed by atoms with Gasteiger partial charge in [0.25, 0.3) is 0 Å². The molecule has 0 bridgehead atoms. The number of aliphatic carboxylic acids is 1. The highest BCUT2D eigenvalue weighted by atomic mass is 16.7. The van der Waals surface area contributed by atoms with Gasteiger partial charge < -0.3 is 49.6 Å². The third-order valence-electron chi connectivity index (χ3n) is 6.45. The van der Waals surface area contributed by atoms with Crippen LogP contribution in [0.25, 0.3) is 0 Å². The molecule has 0 aliphatic carbocycles. The second-order valence-electron chi connectivity index (χ2n) is 9.28. The smallest absolute Gasteiger partial charge is 0.335 e. The molecule has 1 heterocycles. The average molecular weight is 551 g/mol. The lowest BCUT2D eigenvalue weighted by atomic mass is 9.99. The van der Waals surface area contributed by atoms with Crippen molar-refractivity contribution < 1.29 is 59.2 Å². The molecule has 0 spiro atoms. The summed E-state index contributed by atoms with van der Waals surface area (Å²) in [7, 11) is 2.82. The molecule has 6 N–H and O–H groups in total. The van der Waals surface area contributed by atoms with Crippen LogP contribution in [-0.2, 0) is 27.2 Å². The molecule has 0 saturated carbocycles. The van der Waals surface area contributed by atoms with Crippen molar-refractivity contribution in [1.29, 1.82) is 0 Å². The lowest BCUT2D eigenvalue weighted by molar-refractivity contribution is -0.271. The summed E-state index contributed by atoms with van der Waals surface area (Å²) >= 11 is 0. The lowest BCUT2D eigenvalue weighted by Gasteiger charge is -2.38. The Bertz CT molecular complexity index is 1140. The number of Topliss-reactive ketones (excluding diaryl/α,β-unsaturated/α-hetero) is 1. The van der Waals surface area contributed by atoms with E-state index in [1.54, 1.807) is 24.3 Å². The van der Waals surface area contributed by atoms with E-state index in [2.05, 4.69) is 0 Å². The van der Waals surface area contributed by atoms with Gasteiger partial charge in [-0.2, -0.15) is 0 Å². The highest BCUT2D eigenvalue weighted by molar-refractivity contribution is 5.79. The maximum Gasteiger partial charge on any atom is 0.335 e. The van der Waals surface area contributed by atoms with Crippen molar-refractivity contribution in [2.45, 2.75) is 68.9 Å². The van der Waals surface area contributed by atoms with Gasteiger partial charge in [-0.1, -0.05) is 12.1 Å². The third kappa shape index (κ3) is 7.80. The summed E-state index contributed by atoms with van der Waals surface area (Å²) < 4.78 is 21.1. The minimum absolute atomic E-state index is 0.0105. The molecule has 12 nitrogen and oxygen atoms in total. The fourth-order valence-electron chi connectivity index (χ4n) is 4.20. The SMILES string of the molecule is COc1cc(CC[C@@H](O)CC(=O)CCc2ccc(O[C@H]3O[C@@H](C(=O)O)[C@@H](O)[C@@H](O)[C@H]3O)c(OC)c2)ccc1O. The van der Waals surface area contributed by atoms with Crippen LogP contribution in [0.15, 0.2) is 36.4 Å². The van der Waals surface area contributed by atoms with E-state index in [4.69, 9.17) is 18.9 Å². The van der Waals surface area contributed by atoms with E-state index in [9.17, 15) is 40.2 Å². The second-order valence-corrected chi connectivity index (χ2v) is 9.28. The minimum Gasteiger partial charge on any atom is -0.504 e. The predicted molar refractivity (Wildman–Crippen MR) is 135 cm³/mol. The molecule has 0 aromatic heterocycles. The summed E-state index contributed by atoms with van der Waals surface area (Å²) in [6.45, 7) is 0. The molecule has 6 atom stereocenters. The van der Waals surface area contributed by atoms with Gasteiger partial charge in [-0.15, -0.1) is 0 Å². The zero-order chi connectivity index (χ0) is 28.7. The Morgan fingerprint density at radius 1 is 0.897 bits per heavy atom. The van der Waals surface area contributed by atoms with Gasteiger partial charge in [-0.3, -0.25) is 4.79 Å². The molecule has 12 heteroatoms. The highest BCUT2D eigenvalue weighted by Crippen LogP contribution is 2.32. The van der Waals surface area contributed by atoms with Gasteiger partial charge in [0.1, 0.15) is 24.1 Å². The van der Waals surface area contributed by atoms with Gasteiger partial charge in [0.05, 0.1) is 20.3 Å². The van der Waals surface area contributed by atoms with Crippen LogP contribution in [-0.4, -0.2) is 93.4 Å². The monoisotopic (exact) mass is 550 g/mol. The van der Waals surface area contributed by atoms with E-state index in [1.165, 1.54) is 26.4 Å². The van der Waals surface area contributed by atoms with E-state index >= 15 is 0 Å². The van der Waals surface area contributed by atoms with E-state index in [-0.39, 0.29) is 35.9 Å². The average Bonchev–Trinajstić information content (AvgIpc) is 2.91. The quantitative estimate of drug-likeness (QED) is 0.203. The largest absolute Gasteiger partial charge is 0.504 e. The second kappa shape index (κ2) is 13.6. The number of ether oxygens (including phenoxy) is 4. The predicted octanol–water partition coefficient (Wildman–Crippen LogP) is 0.566. The first-order chi connectivity index (χ1) is 18.5. The van der Waals surface area contributed by atoms with Crippen molar-refractivity contribution in [2.24, 2.45) is 0 Å². The van der Waals surface area contributed by atoms with Gasteiger partial charge in [0.2, 0.25) is 6.29 Å². The standard InChI is InChI=1S/C27H34O12/c1-36-20-11-14(5-9-18(20)30)3-7-16(28)13-17(29)8-4-15-6-10-19(21(12-15)37-2)38-27-24(33)22(31)23(32)25(39-27)26(34)35/h5-6,9-12,16,22-25,27-28,30-33H,3-4,7-8,13H2,1-2H3,(H,34,35)/t16-,22-,23+,24-,25-,27+/m1/s1. The van der Waals surface area contributed by atoms with E-state index < -0.39 is 42.8 Å². The number of aromatic hydroxyl groups is 1. The van der Waals surface area contributed by atoms with Crippen LogP contribution < -0.4 is 14.2 Å². The molecular formula is C27H34O12. The molecule has 0 radical (unpaired) electrons. The number of carboxylic acid groups (broad SMARTS) is 1. The number of methoxy groups -OCH3 is 2. The molecule has 39 heavy (non-hydrogen) atoms. The summed E-state index contributed by atoms with van der Waals surface area (Å²) in [5, 5.41) is 59.1. The topological polar surface area (TPSA) is 192 Å². The summed E-state index contributed by atoms with van der Waals surface area (Å²) in [6.07, 6.45) is -8.20. The number of rotatable bonds is 13. The zero-order valence-electron chi connectivity index (χ0n) is 21.6. The number of ketones is 1. The number of phenolic OH excluding ortho intramolecular Hbond substituents is 1. The molecule has 1 aliphatic heterocycles. The fraction of sp³-hybridized carbons (Fsp3) is 0.481. The van der Waals surface area contributed by atoms with Crippen LogP contribution in [0.5, 0.6) is 23.0 Å². The number of aliphatic hydroxyl groups is 4. The van der Waals surface area contributed by atoms with Crippen LogP contribution in [0.4, 0.5) is 0 Å². The molecule has 0 amide bonds. The molecule has 1 fully saturated rings. The number of hydrogen-bond acceptors (Lipinski definition) is 11. The van der Waals surface area contributed by atoms with Gasteiger partial charge in [-0.05, 0) is 54.7 Å². The number of benzene rings is 2. The molecular weight excluding hydrogens is 516 g/mol.